The molecule has 0 bridgehead atoms. The molecule has 1 aromatic heterocycles. The van der Waals surface area contributed by atoms with Gasteiger partial charge in [0.1, 0.15) is 0 Å². The van der Waals surface area contributed by atoms with E-state index in [1.54, 1.807) is 19.2 Å². The smallest absolute Gasteiger partial charge is 0.279 e. The van der Waals surface area contributed by atoms with Crippen molar-refractivity contribution in [2.24, 2.45) is 4.99 Å². The Balaban J connectivity index is 1.61. The van der Waals surface area contributed by atoms with Gasteiger partial charge in [0.15, 0.2) is 4.80 Å². The lowest BCUT2D eigenvalue weighted by Crippen LogP contribution is -2.34. The first-order chi connectivity index (χ1) is 16.7. The van der Waals surface area contributed by atoms with Crippen LogP contribution in [0.1, 0.15) is 23.2 Å². The van der Waals surface area contributed by atoms with Gasteiger partial charge in [-0.15, -0.1) is 0 Å². The highest BCUT2D eigenvalue weighted by atomic mass is 35.5. The molecule has 0 N–H and O–H groups in total. The first kappa shape index (κ1) is 26.3. The van der Waals surface area contributed by atoms with Crippen LogP contribution in [0.15, 0.2) is 46.3 Å². The summed E-state index contributed by atoms with van der Waals surface area (Å²) in [7, 11) is -0.585. The molecule has 2 aromatic carbocycles. The van der Waals surface area contributed by atoms with E-state index in [1.807, 2.05) is 4.57 Å². The van der Waals surface area contributed by atoms with Gasteiger partial charge in [-0.2, -0.15) is 9.30 Å². The van der Waals surface area contributed by atoms with Gasteiger partial charge in [0.25, 0.3) is 5.91 Å². The molecule has 3 aromatic rings. The summed E-state index contributed by atoms with van der Waals surface area (Å²) in [4.78, 5) is 17.8. The molecule has 0 radical (unpaired) electrons. The molecule has 1 amide bonds. The van der Waals surface area contributed by atoms with Crippen LogP contribution < -0.4 is 4.80 Å². The Kier molecular flexibility index (Phi) is 8.32. The van der Waals surface area contributed by atoms with Gasteiger partial charge in [0.05, 0.1) is 32.8 Å². The van der Waals surface area contributed by atoms with E-state index in [0.717, 1.165) is 23.1 Å². The van der Waals surface area contributed by atoms with Gasteiger partial charge in [-0.25, -0.2) is 8.42 Å². The number of aromatic nitrogens is 1. The second-order valence-corrected chi connectivity index (χ2v) is 12.0. The summed E-state index contributed by atoms with van der Waals surface area (Å²) < 4.78 is 40.5. The minimum atomic E-state index is -3.70. The van der Waals surface area contributed by atoms with Gasteiger partial charge in [0, 0.05) is 44.4 Å². The number of benzene rings is 2. The van der Waals surface area contributed by atoms with E-state index < -0.39 is 15.9 Å². The number of likely N-dealkylation sites (N-methyl/N-ethyl adjacent to an activating group) is 1. The third kappa shape index (κ3) is 5.80. The second-order valence-electron chi connectivity index (χ2n) is 8.13. The van der Waals surface area contributed by atoms with Crippen LogP contribution in [0.4, 0.5) is 0 Å². The van der Waals surface area contributed by atoms with E-state index in [2.05, 4.69) is 4.99 Å². The lowest BCUT2D eigenvalue weighted by Gasteiger charge is -2.20. The normalized spacial score (nSPS) is 17.1. The number of sulfonamides is 1. The summed E-state index contributed by atoms with van der Waals surface area (Å²) >= 11 is 13.9. The maximum absolute atomic E-state index is 13.0. The zero-order valence-electron chi connectivity index (χ0n) is 19.2. The molecule has 4 rings (SSSR count). The van der Waals surface area contributed by atoms with Crippen molar-refractivity contribution in [2.75, 3.05) is 33.9 Å². The molecule has 12 heteroatoms. The molecule has 35 heavy (non-hydrogen) atoms. The van der Waals surface area contributed by atoms with E-state index in [4.69, 9.17) is 32.7 Å². The summed E-state index contributed by atoms with van der Waals surface area (Å²) in [5.41, 5.74) is 0.992. The van der Waals surface area contributed by atoms with Crippen LogP contribution in [-0.4, -0.2) is 63.2 Å². The maximum Gasteiger partial charge on any atom is 0.279 e. The third-order valence-electron chi connectivity index (χ3n) is 5.71. The number of hydrogen-bond donors (Lipinski definition) is 0. The molecule has 2 heterocycles. The lowest BCUT2D eigenvalue weighted by molar-refractivity contribution is 0.0979. The number of thiazole rings is 1. The van der Waals surface area contributed by atoms with Crippen molar-refractivity contribution in [3.8, 4) is 0 Å². The number of amides is 1. The molecule has 1 aliphatic rings. The molecule has 0 aliphatic carbocycles. The predicted molar refractivity (Wildman–Crippen MR) is 137 cm³/mol. The fourth-order valence-electron chi connectivity index (χ4n) is 3.88. The summed E-state index contributed by atoms with van der Waals surface area (Å²) in [5.74, 6) is -0.499. The Morgan fingerprint density at radius 2 is 2.03 bits per heavy atom. The minimum absolute atomic E-state index is 0.0936. The molecule has 1 fully saturated rings. The molecule has 0 spiro atoms. The number of carbonyl (C=O) groups is 1. The van der Waals surface area contributed by atoms with E-state index in [-0.39, 0.29) is 16.6 Å². The minimum Gasteiger partial charge on any atom is -0.383 e. The van der Waals surface area contributed by atoms with Crippen LogP contribution in [0.25, 0.3) is 10.2 Å². The summed E-state index contributed by atoms with van der Waals surface area (Å²) in [6.07, 6.45) is 1.68. The molecule has 1 aliphatic heterocycles. The van der Waals surface area contributed by atoms with Crippen LogP contribution in [0.2, 0.25) is 10.0 Å². The molecule has 1 unspecified atom stereocenters. The Labute approximate surface area is 217 Å². The number of rotatable bonds is 8. The Bertz CT molecular complexity index is 1400. The number of fused-ring (bicyclic) bond motifs is 1. The SMILES string of the molecule is COCCn1c(=NC(=O)c2ccc(S(=O)(=O)N(C)CC3CCCO3)cc2)sc2cc(Cl)cc(Cl)c21. The Morgan fingerprint density at radius 3 is 2.69 bits per heavy atom. The number of halogens is 2. The van der Waals surface area contributed by atoms with Crippen molar-refractivity contribution in [3.63, 3.8) is 0 Å². The summed E-state index contributed by atoms with van der Waals surface area (Å²) in [6, 6.07) is 9.19. The van der Waals surface area contributed by atoms with Crippen molar-refractivity contribution in [1.82, 2.24) is 8.87 Å². The number of hydrogen-bond acceptors (Lipinski definition) is 6. The van der Waals surface area contributed by atoms with Gasteiger partial charge in [-0.05, 0) is 49.2 Å². The molecule has 1 atom stereocenters. The molecule has 8 nitrogen and oxygen atoms in total. The number of ether oxygens (including phenoxy) is 2. The molecule has 1 saturated heterocycles. The van der Waals surface area contributed by atoms with Crippen LogP contribution in [-0.2, 0) is 26.0 Å². The Morgan fingerprint density at radius 1 is 1.29 bits per heavy atom. The number of carbonyl (C=O) groups excluding carboxylic acids is 1. The average Bonchev–Trinajstić information content (AvgIpc) is 3.45. The van der Waals surface area contributed by atoms with Crippen molar-refractivity contribution in [3.05, 3.63) is 56.8 Å². The molecular formula is C23H25Cl2N3O5S2. The fraction of sp³-hybridized carbons (Fsp3) is 0.391. The van der Waals surface area contributed by atoms with Gasteiger partial charge in [-0.1, -0.05) is 34.5 Å². The first-order valence-electron chi connectivity index (χ1n) is 10.9. The highest BCUT2D eigenvalue weighted by Gasteiger charge is 2.26. The van der Waals surface area contributed by atoms with Crippen molar-refractivity contribution < 1.29 is 22.7 Å². The Hall–Kier alpha value is -1.79. The van der Waals surface area contributed by atoms with Gasteiger partial charge in [-0.3, -0.25) is 4.79 Å². The monoisotopic (exact) mass is 557 g/mol. The van der Waals surface area contributed by atoms with Crippen molar-refractivity contribution >= 4 is 60.7 Å². The van der Waals surface area contributed by atoms with Gasteiger partial charge < -0.3 is 14.0 Å². The standard InChI is InChI=1S/C23H25Cl2N3O5S2/c1-27(14-17-4-3-10-33-17)35(30,31)18-7-5-15(6-8-18)22(29)26-23-28(9-11-32-2)21-19(25)12-16(24)13-20(21)34-23/h5-8,12-13,17H,3-4,9-11,14H2,1-2H3. The lowest BCUT2D eigenvalue weighted by atomic mass is 10.2. The fourth-order valence-corrected chi connectivity index (χ4v) is 6.92. The molecular weight excluding hydrogens is 533 g/mol. The first-order valence-corrected chi connectivity index (χ1v) is 14.0. The quantitative estimate of drug-likeness (QED) is 0.414. The zero-order chi connectivity index (χ0) is 25.2. The predicted octanol–water partition coefficient (Wildman–Crippen LogP) is 4.20. The van der Waals surface area contributed by atoms with E-state index in [9.17, 15) is 13.2 Å². The second kappa shape index (κ2) is 11.1. The highest BCUT2D eigenvalue weighted by molar-refractivity contribution is 7.89. The van der Waals surface area contributed by atoms with Crippen LogP contribution in [0.5, 0.6) is 0 Å². The van der Waals surface area contributed by atoms with E-state index >= 15 is 0 Å². The molecule has 0 saturated carbocycles. The summed E-state index contributed by atoms with van der Waals surface area (Å²) in [6.45, 7) is 1.79. The van der Waals surface area contributed by atoms with Crippen LogP contribution in [0, 0.1) is 0 Å². The number of nitrogens with zero attached hydrogens (tertiary/aromatic N) is 3. The number of methoxy groups -OCH3 is 1. The topological polar surface area (TPSA) is 90.2 Å². The zero-order valence-corrected chi connectivity index (χ0v) is 22.4. The summed E-state index contributed by atoms with van der Waals surface area (Å²) in [5, 5.41) is 0.942. The van der Waals surface area contributed by atoms with Crippen LogP contribution in [0.3, 0.4) is 0 Å². The average molecular weight is 559 g/mol. The van der Waals surface area contributed by atoms with E-state index in [0.29, 0.717) is 41.1 Å². The van der Waals surface area contributed by atoms with Crippen molar-refractivity contribution in [1.29, 1.82) is 0 Å². The van der Waals surface area contributed by atoms with E-state index in [1.165, 1.54) is 47.0 Å². The molecule has 188 valence electrons. The highest BCUT2D eigenvalue weighted by Crippen LogP contribution is 2.30. The largest absolute Gasteiger partial charge is 0.383 e. The van der Waals surface area contributed by atoms with Crippen LogP contribution >= 0.6 is 34.5 Å². The third-order valence-corrected chi connectivity index (χ3v) is 9.07. The van der Waals surface area contributed by atoms with Gasteiger partial charge >= 0.3 is 0 Å². The maximum atomic E-state index is 13.0. The van der Waals surface area contributed by atoms with Gasteiger partial charge in [0.2, 0.25) is 10.0 Å². The van der Waals surface area contributed by atoms with Crippen molar-refractivity contribution in [2.45, 2.75) is 30.4 Å².